The van der Waals surface area contributed by atoms with Crippen LogP contribution in [0.2, 0.25) is 5.02 Å². The molecule has 0 fully saturated rings. The van der Waals surface area contributed by atoms with Crippen molar-refractivity contribution in [3.05, 3.63) is 34.6 Å². The Morgan fingerprint density at radius 3 is 2.65 bits per heavy atom. The van der Waals surface area contributed by atoms with Gasteiger partial charge in [0.05, 0.1) is 11.7 Å². The summed E-state index contributed by atoms with van der Waals surface area (Å²) in [6, 6.07) is 4.02. The van der Waals surface area contributed by atoms with Crippen molar-refractivity contribution in [1.82, 2.24) is 0 Å². The standard InChI is InChI=1S/C13H18ClFO2/c1-13(2,17-3)7-6-12(16)10-5-4-9(15)8-11(10)14/h4-5,8,12,16H,6-7H2,1-3H3. The molecule has 1 atom stereocenters. The molecule has 0 bridgehead atoms. The molecule has 0 aliphatic heterocycles. The highest BCUT2D eigenvalue weighted by molar-refractivity contribution is 6.31. The maximum absolute atomic E-state index is 12.9. The minimum Gasteiger partial charge on any atom is -0.388 e. The minimum absolute atomic E-state index is 0.257. The lowest BCUT2D eigenvalue weighted by Crippen LogP contribution is -2.23. The first-order valence-corrected chi connectivity index (χ1v) is 5.92. The van der Waals surface area contributed by atoms with Gasteiger partial charge in [-0.1, -0.05) is 17.7 Å². The van der Waals surface area contributed by atoms with Crippen LogP contribution in [0.25, 0.3) is 0 Å². The Bertz CT molecular complexity index is 380. The van der Waals surface area contributed by atoms with Crippen LogP contribution in [0.5, 0.6) is 0 Å². The van der Waals surface area contributed by atoms with Crippen LogP contribution >= 0.6 is 11.6 Å². The van der Waals surface area contributed by atoms with E-state index in [9.17, 15) is 9.50 Å². The summed E-state index contributed by atoms with van der Waals surface area (Å²) in [4.78, 5) is 0. The van der Waals surface area contributed by atoms with Crippen LogP contribution in [0.1, 0.15) is 38.4 Å². The Kier molecular flexibility index (Phi) is 4.92. The van der Waals surface area contributed by atoms with Crippen LogP contribution in [-0.2, 0) is 4.74 Å². The third-order valence-corrected chi connectivity index (χ3v) is 3.22. The molecule has 96 valence electrons. The Hall–Kier alpha value is -0.640. The minimum atomic E-state index is -0.697. The van der Waals surface area contributed by atoms with E-state index in [0.29, 0.717) is 18.4 Å². The largest absolute Gasteiger partial charge is 0.388 e. The number of benzene rings is 1. The van der Waals surface area contributed by atoms with E-state index < -0.39 is 11.9 Å². The zero-order valence-electron chi connectivity index (χ0n) is 10.3. The molecule has 0 saturated heterocycles. The van der Waals surface area contributed by atoms with Gasteiger partial charge in [0.25, 0.3) is 0 Å². The van der Waals surface area contributed by atoms with Gasteiger partial charge >= 0.3 is 0 Å². The molecule has 0 amide bonds. The van der Waals surface area contributed by atoms with E-state index in [-0.39, 0.29) is 10.6 Å². The van der Waals surface area contributed by atoms with E-state index >= 15 is 0 Å². The second-order valence-corrected chi connectivity index (χ2v) is 5.09. The number of halogens is 2. The van der Waals surface area contributed by atoms with E-state index in [1.165, 1.54) is 18.2 Å². The maximum atomic E-state index is 12.9. The number of aliphatic hydroxyl groups is 1. The van der Waals surface area contributed by atoms with Crippen LogP contribution < -0.4 is 0 Å². The van der Waals surface area contributed by atoms with Crippen molar-refractivity contribution in [3.63, 3.8) is 0 Å². The molecule has 1 unspecified atom stereocenters. The van der Waals surface area contributed by atoms with Crippen molar-refractivity contribution in [2.24, 2.45) is 0 Å². The molecular weight excluding hydrogens is 243 g/mol. The third-order valence-electron chi connectivity index (χ3n) is 2.89. The lowest BCUT2D eigenvalue weighted by Gasteiger charge is -2.24. The molecule has 0 aromatic heterocycles. The fourth-order valence-corrected chi connectivity index (χ4v) is 1.81. The fourth-order valence-electron chi connectivity index (χ4n) is 1.51. The van der Waals surface area contributed by atoms with Gasteiger partial charge in [-0.2, -0.15) is 0 Å². The van der Waals surface area contributed by atoms with Crippen molar-refractivity contribution in [2.45, 2.75) is 38.4 Å². The quantitative estimate of drug-likeness (QED) is 0.874. The van der Waals surface area contributed by atoms with Gasteiger partial charge in [0, 0.05) is 12.1 Å². The molecule has 0 radical (unpaired) electrons. The fraction of sp³-hybridized carbons (Fsp3) is 0.538. The molecule has 1 N–H and O–H groups in total. The highest BCUT2D eigenvalue weighted by Gasteiger charge is 2.20. The summed E-state index contributed by atoms with van der Waals surface area (Å²) < 4.78 is 18.1. The summed E-state index contributed by atoms with van der Waals surface area (Å²) in [6.07, 6.45) is 0.516. The summed E-state index contributed by atoms with van der Waals surface area (Å²) in [7, 11) is 1.64. The molecular formula is C13H18ClFO2. The van der Waals surface area contributed by atoms with Crippen LogP contribution in [0, 0.1) is 5.82 Å². The van der Waals surface area contributed by atoms with E-state index in [4.69, 9.17) is 16.3 Å². The van der Waals surface area contributed by atoms with Crippen LogP contribution in [0.15, 0.2) is 18.2 Å². The van der Waals surface area contributed by atoms with Gasteiger partial charge in [-0.3, -0.25) is 0 Å². The Balaban J connectivity index is 2.67. The van der Waals surface area contributed by atoms with Crippen molar-refractivity contribution in [1.29, 1.82) is 0 Å². The molecule has 0 heterocycles. The van der Waals surface area contributed by atoms with Gasteiger partial charge in [-0.25, -0.2) is 4.39 Å². The first-order chi connectivity index (χ1) is 7.85. The normalized spacial score (nSPS) is 13.8. The maximum Gasteiger partial charge on any atom is 0.124 e. The number of aliphatic hydroxyl groups excluding tert-OH is 1. The van der Waals surface area contributed by atoms with Gasteiger partial charge < -0.3 is 9.84 Å². The average molecular weight is 261 g/mol. The topological polar surface area (TPSA) is 29.5 Å². The van der Waals surface area contributed by atoms with E-state index in [1.807, 2.05) is 13.8 Å². The molecule has 2 nitrogen and oxygen atoms in total. The lowest BCUT2D eigenvalue weighted by molar-refractivity contribution is 0.00279. The van der Waals surface area contributed by atoms with E-state index in [1.54, 1.807) is 7.11 Å². The van der Waals surface area contributed by atoms with Crippen molar-refractivity contribution >= 4 is 11.6 Å². The Morgan fingerprint density at radius 1 is 1.47 bits per heavy atom. The van der Waals surface area contributed by atoms with E-state index in [2.05, 4.69) is 0 Å². The smallest absolute Gasteiger partial charge is 0.124 e. The Labute approximate surface area is 106 Å². The molecule has 4 heteroatoms. The summed E-state index contributed by atoms with van der Waals surface area (Å²) >= 11 is 5.88. The zero-order valence-corrected chi connectivity index (χ0v) is 11.1. The molecule has 0 aliphatic carbocycles. The van der Waals surface area contributed by atoms with Crippen LogP contribution in [-0.4, -0.2) is 17.8 Å². The van der Waals surface area contributed by atoms with Crippen molar-refractivity contribution in [2.75, 3.05) is 7.11 Å². The van der Waals surface area contributed by atoms with Crippen molar-refractivity contribution in [3.8, 4) is 0 Å². The molecule has 17 heavy (non-hydrogen) atoms. The van der Waals surface area contributed by atoms with Gasteiger partial charge in [-0.05, 0) is 44.4 Å². The highest BCUT2D eigenvalue weighted by Crippen LogP contribution is 2.29. The number of methoxy groups -OCH3 is 1. The summed E-state index contributed by atoms with van der Waals surface area (Å²) in [6.45, 7) is 3.90. The second-order valence-electron chi connectivity index (χ2n) is 4.68. The predicted octanol–water partition coefficient (Wildman–Crippen LogP) is 3.72. The number of rotatable bonds is 5. The highest BCUT2D eigenvalue weighted by atomic mass is 35.5. The van der Waals surface area contributed by atoms with Crippen LogP contribution in [0.3, 0.4) is 0 Å². The number of hydrogen-bond acceptors (Lipinski definition) is 2. The number of ether oxygens (including phenoxy) is 1. The van der Waals surface area contributed by atoms with Crippen molar-refractivity contribution < 1.29 is 14.2 Å². The average Bonchev–Trinajstić information content (AvgIpc) is 2.26. The molecule has 0 spiro atoms. The van der Waals surface area contributed by atoms with E-state index in [0.717, 1.165) is 0 Å². The second kappa shape index (κ2) is 5.80. The number of hydrogen-bond donors (Lipinski definition) is 1. The first kappa shape index (κ1) is 14.4. The first-order valence-electron chi connectivity index (χ1n) is 5.54. The molecule has 0 aliphatic rings. The zero-order chi connectivity index (χ0) is 13.1. The predicted molar refractivity (Wildman–Crippen MR) is 66.7 cm³/mol. The van der Waals surface area contributed by atoms with Gasteiger partial charge in [0.2, 0.25) is 0 Å². The SMILES string of the molecule is COC(C)(C)CCC(O)c1ccc(F)cc1Cl. The molecule has 1 aromatic rings. The van der Waals surface area contributed by atoms with Gasteiger partial charge in [0.15, 0.2) is 0 Å². The summed E-state index contributed by atoms with van der Waals surface area (Å²) in [5, 5.41) is 10.2. The van der Waals surface area contributed by atoms with Crippen LogP contribution in [0.4, 0.5) is 4.39 Å². The monoisotopic (exact) mass is 260 g/mol. The summed E-state index contributed by atoms with van der Waals surface area (Å²) in [5.74, 6) is -0.400. The molecule has 1 rings (SSSR count). The lowest BCUT2D eigenvalue weighted by atomic mass is 9.96. The van der Waals surface area contributed by atoms with Gasteiger partial charge in [-0.15, -0.1) is 0 Å². The van der Waals surface area contributed by atoms with Gasteiger partial charge in [0.1, 0.15) is 5.82 Å². The molecule has 1 aromatic carbocycles. The Morgan fingerprint density at radius 2 is 2.12 bits per heavy atom. The third kappa shape index (κ3) is 4.26. The molecule has 0 saturated carbocycles. The summed E-state index contributed by atoms with van der Waals surface area (Å²) in [5.41, 5.74) is 0.271.